The third-order valence-corrected chi connectivity index (χ3v) is 14.3. The van der Waals surface area contributed by atoms with Crippen molar-refractivity contribution in [2.45, 2.75) is 135 Å². The Labute approximate surface area is 182 Å². The molecule has 168 valence electrons. The summed E-state index contributed by atoms with van der Waals surface area (Å²) in [4.78, 5) is 12.5. The smallest absolute Gasteiger partial charge is 0.192 e. The minimum atomic E-state index is -1.73. The lowest BCUT2D eigenvalue weighted by Gasteiger charge is -2.45. The number of hydrogen-bond acceptors (Lipinski definition) is 2. The molecule has 3 heteroatoms. The van der Waals surface area contributed by atoms with Crippen LogP contribution in [0.5, 0.6) is 0 Å². The standard InChI is InChI=1S/C26H48O2Si/c1-20(21-14-15-22-23(27)13-11-16-25(21,22)5)12-10-19-26(17-8-9-18-26)28-29(6,7)24(2,3)4/h20-22H,8-19H2,1-7H3/t20-,21+,22-,25+/m0/s1. The summed E-state index contributed by atoms with van der Waals surface area (Å²) in [7, 11) is -1.73. The minimum Gasteiger partial charge on any atom is -0.411 e. The van der Waals surface area contributed by atoms with Gasteiger partial charge in [0.05, 0.1) is 5.60 Å². The second-order valence-electron chi connectivity index (χ2n) is 12.7. The first kappa shape index (κ1) is 23.5. The van der Waals surface area contributed by atoms with Gasteiger partial charge in [0.1, 0.15) is 5.78 Å². The van der Waals surface area contributed by atoms with Gasteiger partial charge < -0.3 is 4.43 Å². The van der Waals surface area contributed by atoms with Crippen LogP contribution in [0.15, 0.2) is 0 Å². The Morgan fingerprint density at radius 1 is 1.10 bits per heavy atom. The van der Waals surface area contributed by atoms with E-state index >= 15 is 0 Å². The molecule has 0 N–H and O–H groups in total. The molecule has 4 atom stereocenters. The number of rotatable bonds is 7. The predicted octanol–water partition coefficient (Wildman–Crippen LogP) is 7.91. The summed E-state index contributed by atoms with van der Waals surface area (Å²) in [6.45, 7) is 16.9. The molecule has 3 fully saturated rings. The van der Waals surface area contributed by atoms with Crippen LogP contribution in [0.25, 0.3) is 0 Å². The minimum absolute atomic E-state index is 0.158. The maximum Gasteiger partial charge on any atom is 0.192 e. The van der Waals surface area contributed by atoms with Gasteiger partial charge in [-0.3, -0.25) is 4.79 Å². The summed E-state index contributed by atoms with van der Waals surface area (Å²) in [5, 5.41) is 0.289. The largest absolute Gasteiger partial charge is 0.411 e. The molecular formula is C26H48O2Si. The lowest BCUT2D eigenvalue weighted by Crippen LogP contribution is -2.48. The molecule has 0 heterocycles. The molecule has 3 aliphatic rings. The van der Waals surface area contributed by atoms with Gasteiger partial charge in [-0.15, -0.1) is 0 Å². The number of carbonyl (C=O) groups is 1. The van der Waals surface area contributed by atoms with Crippen LogP contribution in [0.3, 0.4) is 0 Å². The molecule has 0 saturated heterocycles. The maximum atomic E-state index is 12.5. The van der Waals surface area contributed by atoms with Gasteiger partial charge in [0.25, 0.3) is 0 Å². The average molecular weight is 421 g/mol. The van der Waals surface area contributed by atoms with E-state index in [9.17, 15) is 4.79 Å². The Morgan fingerprint density at radius 2 is 1.76 bits per heavy atom. The summed E-state index contributed by atoms with van der Waals surface area (Å²) in [6.07, 6.45) is 14.7. The van der Waals surface area contributed by atoms with Gasteiger partial charge in [0.2, 0.25) is 0 Å². The van der Waals surface area contributed by atoms with Crippen molar-refractivity contribution in [3.63, 3.8) is 0 Å². The van der Waals surface area contributed by atoms with E-state index in [0.29, 0.717) is 11.7 Å². The fraction of sp³-hybridized carbons (Fsp3) is 0.962. The van der Waals surface area contributed by atoms with Crippen LogP contribution in [0.2, 0.25) is 18.1 Å². The number of hydrogen-bond donors (Lipinski definition) is 0. The predicted molar refractivity (Wildman–Crippen MR) is 126 cm³/mol. The molecule has 0 aromatic heterocycles. The van der Waals surface area contributed by atoms with Crippen LogP contribution in [-0.2, 0) is 9.22 Å². The van der Waals surface area contributed by atoms with Crippen LogP contribution in [-0.4, -0.2) is 19.7 Å². The van der Waals surface area contributed by atoms with Gasteiger partial charge in [0, 0.05) is 12.3 Å². The molecule has 29 heavy (non-hydrogen) atoms. The van der Waals surface area contributed by atoms with E-state index in [1.807, 2.05) is 0 Å². The van der Waals surface area contributed by atoms with Gasteiger partial charge >= 0.3 is 0 Å². The van der Waals surface area contributed by atoms with Crippen molar-refractivity contribution >= 4 is 14.1 Å². The number of ketones is 1. The molecule has 0 radical (unpaired) electrons. The average Bonchev–Trinajstić information content (AvgIpc) is 3.18. The molecule has 0 aliphatic heterocycles. The molecule has 3 saturated carbocycles. The highest BCUT2D eigenvalue weighted by molar-refractivity contribution is 6.74. The Bertz CT molecular complexity index is 584. The lowest BCUT2D eigenvalue weighted by molar-refractivity contribution is -0.130. The molecule has 3 rings (SSSR count). The molecule has 0 unspecified atom stereocenters. The van der Waals surface area contributed by atoms with Crippen LogP contribution in [0.4, 0.5) is 0 Å². The highest BCUT2D eigenvalue weighted by atomic mass is 28.4. The number of Topliss-reactive ketones (excluding diaryl/α,β-unsaturated/α-hetero) is 1. The fourth-order valence-corrected chi connectivity index (χ4v) is 8.66. The second kappa shape index (κ2) is 8.41. The van der Waals surface area contributed by atoms with Crippen molar-refractivity contribution in [1.82, 2.24) is 0 Å². The van der Waals surface area contributed by atoms with E-state index in [4.69, 9.17) is 4.43 Å². The Kier molecular flexibility index (Phi) is 6.82. The lowest BCUT2D eigenvalue weighted by atomic mass is 9.62. The highest BCUT2D eigenvalue weighted by Gasteiger charge is 2.52. The Morgan fingerprint density at radius 3 is 2.38 bits per heavy atom. The van der Waals surface area contributed by atoms with Crippen LogP contribution >= 0.6 is 0 Å². The van der Waals surface area contributed by atoms with Crippen LogP contribution in [0.1, 0.15) is 112 Å². The zero-order chi connectivity index (χ0) is 21.5. The molecule has 0 spiro atoms. The van der Waals surface area contributed by atoms with E-state index in [1.165, 1.54) is 57.8 Å². The first-order valence-electron chi connectivity index (χ1n) is 12.6. The normalized spacial score (nSPS) is 33.7. The highest BCUT2D eigenvalue weighted by Crippen LogP contribution is 2.57. The molecule has 0 aromatic rings. The van der Waals surface area contributed by atoms with Gasteiger partial charge in [-0.1, -0.05) is 60.3 Å². The maximum absolute atomic E-state index is 12.5. The first-order valence-corrected chi connectivity index (χ1v) is 15.5. The zero-order valence-electron chi connectivity index (χ0n) is 20.5. The molecule has 2 nitrogen and oxygen atoms in total. The number of carbonyl (C=O) groups excluding carboxylic acids is 1. The summed E-state index contributed by atoms with van der Waals surface area (Å²) in [6, 6.07) is 0. The molecule has 0 amide bonds. The Balaban J connectivity index is 1.58. The van der Waals surface area contributed by atoms with Crippen molar-refractivity contribution in [1.29, 1.82) is 0 Å². The monoisotopic (exact) mass is 420 g/mol. The van der Waals surface area contributed by atoms with E-state index < -0.39 is 8.32 Å². The van der Waals surface area contributed by atoms with Crippen molar-refractivity contribution in [2.24, 2.45) is 23.2 Å². The van der Waals surface area contributed by atoms with Crippen LogP contribution in [0, 0.1) is 23.2 Å². The fourth-order valence-electron chi connectivity index (χ4n) is 6.97. The Hall–Kier alpha value is -0.153. The van der Waals surface area contributed by atoms with Gasteiger partial charge in [-0.2, -0.15) is 0 Å². The first-order chi connectivity index (χ1) is 13.4. The van der Waals surface area contributed by atoms with E-state index in [2.05, 4.69) is 47.7 Å². The number of fused-ring (bicyclic) bond motifs is 1. The SMILES string of the molecule is C[C@@H](CCCC1(O[Si](C)(C)C(C)(C)C)CCCC1)[C@H]1CC[C@H]2C(=O)CCC[C@]12C. The van der Waals surface area contributed by atoms with Crippen molar-refractivity contribution in [3.05, 3.63) is 0 Å². The third-order valence-electron chi connectivity index (χ3n) is 9.71. The van der Waals surface area contributed by atoms with Gasteiger partial charge in [0.15, 0.2) is 8.32 Å². The van der Waals surface area contributed by atoms with Crippen molar-refractivity contribution in [2.75, 3.05) is 0 Å². The molecule has 3 aliphatic carbocycles. The quantitative estimate of drug-likeness (QED) is 0.391. The summed E-state index contributed by atoms with van der Waals surface area (Å²) >= 11 is 0. The molecular weight excluding hydrogens is 372 g/mol. The van der Waals surface area contributed by atoms with Crippen molar-refractivity contribution in [3.8, 4) is 0 Å². The summed E-state index contributed by atoms with van der Waals surface area (Å²) in [5.41, 5.74) is 0.447. The van der Waals surface area contributed by atoms with E-state index in [1.54, 1.807) is 0 Å². The molecule has 0 aromatic carbocycles. The molecule has 0 bridgehead atoms. The topological polar surface area (TPSA) is 26.3 Å². The summed E-state index contributed by atoms with van der Waals surface area (Å²) in [5.74, 6) is 2.42. The summed E-state index contributed by atoms with van der Waals surface area (Å²) < 4.78 is 7.07. The third kappa shape index (κ3) is 4.71. The van der Waals surface area contributed by atoms with Crippen LogP contribution < -0.4 is 0 Å². The van der Waals surface area contributed by atoms with Gasteiger partial charge in [-0.05, 0) is 80.3 Å². The van der Waals surface area contributed by atoms with Crippen molar-refractivity contribution < 1.29 is 9.22 Å². The second-order valence-corrected chi connectivity index (χ2v) is 17.4. The van der Waals surface area contributed by atoms with Gasteiger partial charge in [-0.25, -0.2) is 0 Å². The van der Waals surface area contributed by atoms with E-state index in [-0.39, 0.29) is 16.1 Å². The van der Waals surface area contributed by atoms with E-state index in [0.717, 1.165) is 31.1 Å². The zero-order valence-corrected chi connectivity index (χ0v) is 21.5.